The lowest BCUT2D eigenvalue weighted by molar-refractivity contribution is 0.103. The fourth-order valence-electron chi connectivity index (χ4n) is 5.71. The molecule has 7 rings (SSSR count). The molecule has 0 fully saturated rings. The summed E-state index contributed by atoms with van der Waals surface area (Å²) in [6.45, 7) is 0. The molecule has 2 nitrogen and oxygen atoms in total. The van der Waals surface area contributed by atoms with Crippen molar-refractivity contribution in [3.05, 3.63) is 151 Å². The van der Waals surface area contributed by atoms with E-state index in [-0.39, 0.29) is 11.5 Å². The Labute approximate surface area is 226 Å². The minimum Gasteiger partial charge on any atom is -0.507 e. The Morgan fingerprint density at radius 1 is 0.462 bits per heavy atom. The first-order valence-electron chi connectivity index (χ1n) is 13.0. The highest BCUT2D eigenvalue weighted by Gasteiger charge is 2.19. The number of benzene rings is 7. The summed E-state index contributed by atoms with van der Waals surface area (Å²) in [5.74, 6) is -0.217. The van der Waals surface area contributed by atoms with Crippen LogP contribution in [0.3, 0.4) is 0 Å². The van der Waals surface area contributed by atoms with Gasteiger partial charge in [0, 0.05) is 5.56 Å². The number of rotatable bonds is 4. The third kappa shape index (κ3) is 3.86. The Morgan fingerprint density at radius 2 is 0.949 bits per heavy atom. The van der Waals surface area contributed by atoms with Crippen molar-refractivity contribution in [1.29, 1.82) is 0 Å². The van der Waals surface area contributed by atoms with Gasteiger partial charge in [-0.3, -0.25) is 4.79 Å². The molecular weight excluding hydrogens is 476 g/mol. The average Bonchev–Trinajstić information content (AvgIpc) is 3.00. The highest BCUT2D eigenvalue weighted by atomic mass is 16.3. The molecule has 0 saturated carbocycles. The highest BCUT2D eigenvalue weighted by Crippen LogP contribution is 2.44. The van der Waals surface area contributed by atoms with Gasteiger partial charge in [0.2, 0.25) is 0 Å². The van der Waals surface area contributed by atoms with E-state index in [1.807, 2.05) is 30.3 Å². The lowest BCUT2D eigenvalue weighted by Crippen LogP contribution is -2.02. The van der Waals surface area contributed by atoms with Crippen LogP contribution < -0.4 is 0 Å². The largest absolute Gasteiger partial charge is 0.507 e. The van der Waals surface area contributed by atoms with E-state index < -0.39 is 0 Å². The van der Waals surface area contributed by atoms with Gasteiger partial charge in [-0.1, -0.05) is 121 Å². The summed E-state index contributed by atoms with van der Waals surface area (Å²) in [6.07, 6.45) is 0. The van der Waals surface area contributed by atoms with Crippen LogP contribution in [0.15, 0.2) is 140 Å². The zero-order valence-corrected chi connectivity index (χ0v) is 21.1. The van der Waals surface area contributed by atoms with Crippen molar-refractivity contribution in [3.63, 3.8) is 0 Å². The van der Waals surface area contributed by atoms with Crippen molar-refractivity contribution in [2.24, 2.45) is 0 Å². The maximum Gasteiger partial charge on any atom is 0.196 e. The van der Waals surface area contributed by atoms with E-state index in [4.69, 9.17) is 0 Å². The summed E-state index contributed by atoms with van der Waals surface area (Å²) >= 11 is 0. The van der Waals surface area contributed by atoms with E-state index in [1.54, 1.807) is 18.2 Å². The number of phenolic OH excluding ortho intramolecular Hbond substituents is 1. The highest BCUT2D eigenvalue weighted by molar-refractivity contribution is 6.22. The SMILES string of the molecule is O=C(c1ccccc1)c1cc(-c2c3ccccc3c(-c3ccc4ccccc4c3)c3ccccc23)ccc1O. The molecular formula is C37H24O2. The Balaban J connectivity index is 1.52. The maximum atomic E-state index is 13.4. The van der Waals surface area contributed by atoms with Crippen LogP contribution in [0.5, 0.6) is 5.75 Å². The van der Waals surface area contributed by atoms with Crippen molar-refractivity contribution in [1.82, 2.24) is 0 Å². The van der Waals surface area contributed by atoms with Gasteiger partial charge in [-0.25, -0.2) is 0 Å². The molecule has 0 spiro atoms. The number of ketones is 1. The van der Waals surface area contributed by atoms with E-state index in [9.17, 15) is 9.90 Å². The first kappa shape index (κ1) is 22.9. The molecule has 0 amide bonds. The van der Waals surface area contributed by atoms with E-state index in [1.165, 1.54) is 21.9 Å². The summed E-state index contributed by atoms with van der Waals surface area (Å²) in [5.41, 5.74) is 5.14. The second-order valence-corrected chi connectivity index (χ2v) is 9.83. The minimum atomic E-state index is -0.198. The Morgan fingerprint density at radius 3 is 1.56 bits per heavy atom. The smallest absolute Gasteiger partial charge is 0.196 e. The van der Waals surface area contributed by atoms with Crippen LogP contribution >= 0.6 is 0 Å². The van der Waals surface area contributed by atoms with Crippen LogP contribution in [-0.2, 0) is 0 Å². The summed E-state index contributed by atoms with van der Waals surface area (Å²) in [6, 6.07) is 46.4. The summed E-state index contributed by atoms with van der Waals surface area (Å²) in [7, 11) is 0. The van der Waals surface area contributed by atoms with Crippen LogP contribution in [0.1, 0.15) is 15.9 Å². The van der Waals surface area contributed by atoms with E-state index >= 15 is 0 Å². The van der Waals surface area contributed by atoms with Gasteiger partial charge in [-0.2, -0.15) is 0 Å². The first-order chi connectivity index (χ1) is 19.2. The molecule has 0 aliphatic rings. The third-order valence-electron chi connectivity index (χ3n) is 7.54. The predicted molar refractivity (Wildman–Crippen MR) is 161 cm³/mol. The second-order valence-electron chi connectivity index (χ2n) is 9.83. The fraction of sp³-hybridized carbons (Fsp3) is 0. The molecule has 0 atom stereocenters. The van der Waals surface area contributed by atoms with Gasteiger partial charge >= 0.3 is 0 Å². The van der Waals surface area contributed by atoms with E-state index in [0.717, 1.165) is 32.7 Å². The van der Waals surface area contributed by atoms with Gasteiger partial charge in [-0.15, -0.1) is 0 Å². The first-order valence-corrected chi connectivity index (χ1v) is 13.0. The average molecular weight is 501 g/mol. The van der Waals surface area contributed by atoms with E-state index in [0.29, 0.717) is 11.1 Å². The standard InChI is InChI=1S/C37H24O2/c38-34-21-20-28(23-33(34)37(39)25-11-2-1-3-12-25)36-31-16-8-6-14-29(31)35(30-15-7-9-17-32(30)36)27-19-18-24-10-4-5-13-26(24)22-27/h1-23,38H. The maximum absolute atomic E-state index is 13.4. The summed E-state index contributed by atoms with van der Waals surface area (Å²) < 4.78 is 0. The van der Waals surface area contributed by atoms with E-state index in [2.05, 4.69) is 91.0 Å². The number of hydrogen-bond donors (Lipinski definition) is 1. The quantitative estimate of drug-likeness (QED) is 0.193. The van der Waals surface area contributed by atoms with Gasteiger partial charge < -0.3 is 5.11 Å². The normalized spacial score (nSPS) is 11.3. The fourth-order valence-corrected chi connectivity index (χ4v) is 5.71. The van der Waals surface area contributed by atoms with Crippen LogP contribution in [-0.4, -0.2) is 10.9 Å². The Kier molecular flexibility index (Phi) is 5.45. The molecule has 1 N–H and O–H groups in total. The molecule has 7 aromatic rings. The molecule has 0 aromatic heterocycles. The van der Waals surface area contributed by atoms with Gasteiger partial charge in [0.05, 0.1) is 5.56 Å². The van der Waals surface area contributed by atoms with Gasteiger partial charge in [0.15, 0.2) is 5.78 Å². The number of hydrogen-bond acceptors (Lipinski definition) is 2. The third-order valence-corrected chi connectivity index (χ3v) is 7.54. The van der Waals surface area contributed by atoms with Crippen molar-refractivity contribution >= 4 is 38.1 Å². The van der Waals surface area contributed by atoms with Crippen molar-refractivity contribution < 1.29 is 9.90 Å². The topological polar surface area (TPSA) is 37.3 Å². The lowest BCUT2D eigenvalue weighted by Gasteiger charge is -2.18. The number of aromatic hydroxyl groups is 1. The summed E-state index contributed by atoms with van der Waals surface area (Å²) in [5, 5.41) is 17.6. The van der Waals surface area contributed by atoms with Gasteiger partial charge in [-0.05, 0) is 72.8 Å². The van der Waals surface area contributed by atoms with Gasteiger partial charge in [0.1, 0.15) is 5.75 Å². The molecule has 184 valence electrons. The molecule has 0 aliphatic heterocycles. The molecule has 39 heavy (non-hydrogen) atoms. The van der Waals surface area contributed by atoms with Crippen LogP contribution in [0.2, 0.25) is 0 Å². The molecule has 2 heteroatoms. The van der Waals surface area contributed by atoms with Gasteiger partial charge in [0.25, 0.3) is 0 Å². The van der Waals surface area contributed by atoms with Crippen molar-refractivity contribution in [2.75, 3.05) is 0 Å². The molecule has 0 radical (unpaired) electrons. The van der Waals surface area contributed by atoms with Crippen molar-refractivity contribution in [2.45, 2.75) is 0 Å². The number of carbonyl (C=O) groups is 1. The molecule has 7 aromatic carbocycles. The lowest BCUT2D eigenvalue weighted by atomic mass is 9.85. The predicted octanol–water partition coefficient (Wildman–Crippen LogP) is 9.42. The molecule has 0 unspecified atom stereocenters. The molecule has 0 aliphatic carbocycles. The van der Waals surface area contributed by atoms with Crippen molar-refractivity contribution in [3.8, 4) is 28.0 Å². The van der Waals surface area contributed by atoms with Crippen LogP contribution in [0, 0.1) is 0 Å². The van der Waals surface area contributed by atoms with Crippen LogP contribution in [0.4, 0.5) is 0 Å². The molecule has 0 saturated heterocycles. The molecule has 0 heterocycles. The number of carbonyl (C=O) groups excluding carboxylic acids is 1. The Bertz CT molecular complexity index is 1980. The zero-order chi connectivity index (χ0) is 26.3. The number of phenols is 1. The number of fused-ring (bicyclic) bond motifs is 3. The van der Waals surface area contributed by atoms with Crippen LogP contribution in [0.25, 0.3) is 54.6 Å². The summed E-state index contributed by atoms with van der Waals surface area (Å²) in [4.78, 5) is 13.4. The second kappa shape index (κ2) is 9.27. The monoisotopic (exact) mass is 500 g/mol. The Hall–Kier alpha value is -5.21. The minimum absolute atomic E-state index is 0.0194. The zero-order valence-electron chi connectivity index (χ0n) is 21.1. The molecule has 0 bridgehead atoms.